The highest BCUT2D eigenvalue weighted by Gasteiger charge is 2.08. The van der Waals surface area contributed by atoms with Crippen molar-refractivity contribution in [3.05, 3.63) is 75.7 Å². The van der Waals surface area contributed by atoms with Crippen molar-refractivity contribution in [2.45, 2.75) is 13.5 Å². The normalized spacial score (nSPS) is 10.6. The van der Waals surface area contributed by atoms with Crippen LogP contribution in [-0.4, -0.2) is 9.97 Å². The molecule has 0 aliphatic heterocycles. The quantitative estimate of drug-likeness (QED) is 0.609. The van der Waals surface area contributed by atoms with Gasteiger partial charge in [0.2, 0.25) is 5.95 Å². The molecule has 2 aromatic carbocycles. The third kappa shape index (κ3) is 4.38. The Morgan fingerprint density at radius 3 is 2.64 bits per heavy atom. The molecule has 0 saturated carbocycles. The molecule has 3 rings (SSSR count). The minimum atomic E-state index is -0.259. The molecule has 4 nitrogen and oxygen atoms in total. The van der Waals surface area contributed by atoms with Crippen LogP contribution in [0.5, 0.6) is 0 Å². The van der Waals surface area contributed by atoms with Gasteiger partial charge >= 0.3 is 0 Å². The summed E-state index contributed by atoms with van der Waals surface area (Å²) in [5, 5.41) is 7.00. The summed E-state index contributed by atoms with van der Waals surface area (Å²) in [4.78, 5) is 8.72. The number of benzene rings is 2. The fraction of sp³-hybridized carbons (Fsp3) is 0.111. The lowest BCUT2D eigenvalue weighted by Crippen LogP contribution is -2.06. The molecule has 0 aliphatic carbocycles. The van der Waals surface area contributed by atoms with Gasteiger partial charge in [0.25, 0.3) is 0 Å². The summed E-state index contributed by atoms with van der Waals surface area (Å²) in [5.41, 5.74) is 1.93. The lowest BCUT2D eigenvalue weighted by atomic mass is 10.2. The Bertz CT molecular complexity index is 902. The molecule has 3 aromatic rings. The fourth-order valence-electron chi connectivity index (χ4n) is 2.26. The molecule has 0 unspecified atom stereocenters. The van der Waals surface area contributed by atoms with Crippen molar-refractivity contribution < 1.29 is 4.39 Å². The second kappa shape index (κ2) is 7.68. The molecule has 7 heteroatoms. The third-order valence-corrected chi connectivity index (χ3v) is 4.29. The molecule has 2 N–H and O–H groups in total. The highest BCUT2D eigenvalue weighted by atomic mass is 35.5. The van der Waals surface area contributed by atoms with Crippen LogP contribution in [0.3, 0.4) is 0 Å². The van der Waals surface area contributed by atoms with Gasteiger partial charge in [-0.05, 0) is 25.1 Å². The van der Waals surface area contributed by atoms with Gasteiger partial charge in [-0.2, -0.15) is 4.98 Å². The van der Waals surface area contributed by atoms with Gasteiger partial charge in [-0.3, -0.25) is 0 Å². The summed E-state index contributed by atoms with van der Waals surface area (Å²) in [6.07, 6.45) is 0. The summed E-state index contributed by atoms with van der Waals surface area (Å²) in [6.45, 7) is 2.17. The van der Waals surface area contributed by atoms with Gasteiger partial charge in [0, 0.05) is 23.9 Å². The van der Waals surface area contributed by atoms with E-state index in [0.717, 1.165) is 5.69 Å². The van der Waals surface area contributed by atoms with Crippen molar-refractivity contribution in [1.82, 2.24) is 9.97 Å². The van der Waals surface area contributed by atoms with Crippen LogP contribution in [-0.2, 0) is 6.54 Å². The zero-order valence-corrected chi connectivity index (χ0v) is 14.9. The van der Waals surface area contributed by atoms with Gasteiger partial charge in [0.15, 0.2) is 0 Å². The van der Waals surface area contributed by atoms with E-state index >= 15 is 0 Å². The second-order valence-electron chi connectivity index (χ2n) is 5.39. The van der Waals surface area contributed by atoms with Crippen molar-refractivity contribution in [3.8, 4) is 0 Å². The van der Waals surface area contributed by atoms with Gasteiger partial charge in [0.05, 0.1) is 15.7 Å². The van der Waals surface area contributed by atoms with E-state index in [9.17, 15) is 4.39 Å². The average molecular weight is 377 g/mol. The minimum Gasteiger partial charge on any atom is -0.366 e. The maximum atomic E-state index is 13.7. The second-order valence-corrected chi connectivity index (χ2v) is 6.17. The summed E-state index contributed by atoms with van der Waals surface area (Å²) < 4.78 is 13.7. The van der Waals surface area contributed by atoms with Gasteiger partial charge in [-0.1, -0.05) is 47.5 Å². The zero-order chi connectivity index (χ0) is 17.8. The first-order valence-corrected chi connectivity index (χ1v) is 8.32. The molecule has 0 bridgehead atoms. The Balaban J connectivity index is 1.78. The van der Waals surface area contributed by atoms with Crippen LogP contribution in [0.4, 0.5) is 21.8 Å². The number of rotatable bonds is 5. The number of hydrogen-bond donors (Lipinski definition) is 2. The first-order valence-electron chi connectivity index (χ1n) is 7.57. The molecule has 128 valence electrons. The zero-order valence-electron chi connectivity index (χ0n) is 13.4. The molecule has 0 radical (unpaired) electrons. The fourth-order valence-corrected chi connectivity index (χ4v) is 2.61. The van der Waals surface area contributed by atoms with Gasteiger partial charge in [-0.25, -0.2) is 9.37 Å². The molecular formula is C18H15Cl2FN4. The largest absolute Gasteiger partial charge is 0.366 e. The highest BCUT2D eigenvalue weighted by Crippen LogP contribution is 2.31. The Kier molecular flexibility index (Phi) is 5.36. The Morgan fingerprint density at radius 1 is 1.04 bits per heavy atom. The predicted octanol–water partition coefficient (Wildman–Crippen LogP) is 5.59. The van der Waals surface area contributed by atoms with Gasteiger partial charge in [-0.15, -0.1) is 0 Å². The maximum absolute atomic E-state index is 13.7. The molecule has 0 fully saturated rings. The van der Waals surface area contributed by atoms with Crippen LogP contribution < -0.4 is 10.6 Å². The van der Waals surface area contributed by atoms with E-state index in [1.54, 1.807) is 42.5 Å². The number of anilines is 3. The van der Waals surface area contributed by atoms with Crippen molar-refractivity contribution in [2.75, 3.05) is 10.6 Å². The molecule has 0 atom stereocenters. The minimum absolute atomic E-state index is 0.259. The number of nitrogens with one attached hydrogen (secondary N) is 2. The number of hydrogen-bond acceptors (Lipinski definition) is 4. The molecule has 0 saturated heterocycles. The molecule has 0 aliphatic rings. The third-order valence-electron chi connectivity index (χ3n) is 3.47. The molecule has 25 heavy (non-hydrogen) atoms. The van der Waals surface area contributed by atoms with E-state index in [4.69, 9.17) is 23.2 Å². The lowest BCUT2D eigenvalue weighted by Gasteiger charge is -2.11. The summed E-state index contributed by atoms with van der Waals surface area (Å²) in [7, 11) is 0. The predicted molar refractivity (Wildman–Crippen MR) is 100 cm³/mol. The molecule has 0 amide bonds. The smallest absolute Gasteiger partial charge is 0.229 e. The molecule has 1 aromatic heterocycles. The first-order chi connectivity index (χ1) is 12.0. The molecular weight excluding hydrogens is 362 g/mol. The van der Waals surface area contributed by atoms with E-state index < -0.39 is 0 Å². The number of nitrogens with zero attached hydrogens (tertiary/aromatic N) is 2. The summed E-state index contributed by atoms with van der Waals surface area (Å²) in [5.74, 6) is 0.696. The van der Waals surface area contributed by atoms with Crippen LogP contribution in [0.15, 0.2) is 48.5 Å². The van der Waals surface area contributed by atoms with Crippen LogP contribution in [0.2, 0.25) is 10.0 Å². The van der Waals surface area contributed by atoms with Crippen LogP contribution in [0.25, 0.3) is 0 Å². The molecule has 0 spiro atoms. The van der Waals surface area contributed by atoms with E-state index in [1.807, 2.05) is 6.92 Å². The van der Waals surface area contributed by atoms with Gasteiger partial charge in [0.1, 0.15) is 11.6 Å². The topological polar surface area (TPSA) is 49.8 Å². The van der Waals surface area contributed by atoms with Gasteiger partial charge < -0.3 is 10.6 Å². The van der Waals surface area contributed by atoms with E-state index in [-0.39, 0.29) is 5.82 Å². The average Bonchev–Trinajstić information content (AvgIpc) is 2.58. The highest BCUT2D eigenvalue weighted by molar-refractivity contribution is 6.43. The standard InChI is InChI=1S/C18H15Cl2FN4/c1-11-9-16(22-10-12-5-2-3-7-14(12)21)25-18(23-11)24-15-8-4-6-13(19)17(15)20/h2-9H,10H2,1H3,(H2,22,23,24,25). The van der Waals surface area contributed by atoms with E-state index in [0.29, 0.717) is 39.6 Å². The van der Waals surface area contributed by atoms with Crippen molar-refractivity contribution in [1.29, 1.82) is 0 Å². The van der Waals surface area contributed by atoms with Crippen molar-refractivity contribution in [3.63, 3.8) is 0 Å². The maximum Gasteiger partial charge on any atom is 0.229 e. The summed E-state index contributed by atoms with van der Waals surface area (Å²) in [6, 6.07) is 13.6. The monoisotopic (exact) mass is 376 g/mol. The van der Waals surface area contributed by atoms with Crippen molar-refractivity contribution >= 4 is 40.7 Å². The Morgan fingerprint density at radius 2 is 1.84 bits per heavy atom. The van der Waals surface area contributed by atoms with Crippen LogP contribution in [0.1, 0.15) is 11.3 Å². The Labute approximate surface area is 155 Å². The number of aryl methyl sites for hydroxylation is 1. The van der Waals surface area contributed by atoms with Crippen LogP contribution >= 0.6 is 23.2 Å². The summed E-state index contributed by atoms with van der Waals surface area (Å²) >= 11 is 12.2. The number of halogens is 3. The van der Waals surface area contributed by atoms with Crippen molar-refractivity contribution in [2.24, 2.45) is 0 Å². The van der Waals surface area contributed by atoms with Crippen LogP contribution in [0, 0.1) is 12.7 Å². The first kappa shape index (κ1) is 17.5. The Hall–Kier alpha value is -2.37. The SMILES string of the molecule is Cc1cc(NCc2ccccc2F)nc(Nc2cccc(Cl)c2Cl)n1. The van der Waals surface area contributed by atoms with E-state index in [1.165, 1.54) is 6.07 Å². The van der Waals surface area contributed by atoms with E-state index in [2.05, 4.69) is 20.6 Å². The molecule has 1 heterocycles. The lowest BCUT2D eigenvalue weighted by molar-refractivity contribution is 0.613. The number of aromatic nitrogens is 2.